The molecule has 0 saturated carbocycles. The van der Waals surface area contributed by atoms with Crippen molar-refractivity contribution in [3.05, 3.63) is 65.4 Å². The summed E-state index contributed by atoms with van der Waals surface area (Å²) >= 11 is 0. The monoisotopic (exact) mass is 408 g/mol. The van der Waals surface area contributed by atoms with Gasteiger partial charge in [0, 0.05) is 13.6 Å². The molecule has 30 heavy (non-hydrogen) atoms. The Morgan fingerprint density at radius 1 is 1.07 bits per heavy atom. The smallest absolute Gasteiger partial charge is 0.282 e. The van der Waals surface area contributed by atoms with Crippen molar-refractivity contribution in [3.8, 4) is 5.75 Å². The normalized spacial score (nSPS) is 14.1. The van der Waals surface area contributed by atoms with Crippen LogP contribution in [0.1, 0.15) is 25.0 Å². The van der Waals surface area contributed by atoms with Crippen LogP contribution < -0.4 is 9.64 Å². The van der Waals surface area contributed by atoms with Crippen LogP contribution in [-0.4, -0.2) is 48.6 Å². The number of carbonyl (C=O) groups excluding carboxylic acids is 2. The zero-order chi connectivity index (χ0) is 21.8. The summed E-state index contributed by atoms with van der Waals surface area (Å²) in [5, 5.41) is 9.37. The molecular formula is C24H28N2O4. The quantitative estimate of drug-likeness (QED) is 0.679. The van der Waals surface area contributed by atoms with Gasteiger partial charge < -0.3 is 14.7 Å². The van der Waals surface area contributed by atoms with Gasteiger partial charge in [0.25, 0.3) is 11.8 Å². The molecule has 2 aromatic rings. The summed E-state index contributed by atoms with van der Waals surface area (Å²) in [5.74, 6) is 0.353. The average Bonchev–Trinajstić information content (AvgIpc) is 2.97. The van der Waals surface area contributed by atoms with E-state index in [-0.39, 0.29) is 24.8 Å². The molecule has 158 valence electrons. The molecule has 3 rings (SSSR count). The van der Waals surface area contributed by atoms with Gasteiger partial charge in [0.2, 0.25) is 0 Å². The highest BCUT2D eigenvalue weighted by Gasteiger charge is 2.41. The molecule has 0 aromatic heterocycles. The average molecular weight is 408 g/mol. The second-order valence-electron chi connectivity index (χ2n) is 7.88. The Morgan fingerprint density at radius 3 is 2.37 bits per heavy atom. The number of aliphatic hydroxyl groups is 1. The number of hydrogen-bond donors (Lipinski definition) is 1. The van der Waals surface area contributed by atoms with Gasteiger partial charge in [0.1, 0.15) is 11.4 Å². The van der Waals surface area contributed by atoms with E-state index in [4.69, 9.17) is 4.74 Å². The second-order valence-corrected chi connectivity index (χ2v) is 7.88. The number of aryl methyl sites for hydroxylation is 1. The lowest BCUT2D eigenvalue weighted by molar-refractivity contribution is -0.120. The van der Waals surface area contributed by atoms with Crippen LogP contribution in [0, 0.1) is 12.8 Å². The Morgan fingerprint density at radius 2 is 1.77 bits per heavy atom. The zero-order valence-corrected chi connectivity index (χ0v) is 17.9. The molecular weight excluding hydrogens is 380 g/mol. The standard InChI is InChI=1S/C24H28N2O4/c1-16(2)15-30-20-10-8-18(9-11-20)21-22(25(4)12-13-27)24(29)26(23(21)28)19-7-5-6-17(3)14-19/h5-11,14,16,27H,12-13,15H2,1-4H3. The lowest BCUT2D eigenvalue weighted by Gasteiger charge is -2.20. The highest BCUT2D eigenvalue weighted by atomic mass is 16.5. The van der Waals surface area contributed by atoms with Crippen molar-refractivity contribution in [1.29, 1.82) is 0 Å². The van der Waals surface area contributed by atoms with Crippen molar-refractivity contribution in [2.24, 2.45) is 5.92 Å². The number of carbonyl (C=O) groups is 2. The van der Waals surface area contributed by atoms with Crippen LogP contribution >= 0.6 is 0 Å². The summed E-state index contributed by atoms with van der Waals surface area (Å²) in [4.78, 5) is 29.5. The fraction of sp³-hybridized carbons (Fsp3) is 0.333. The number of nitrogens with zero attached hydrogens (tertiary/aromatic N) is 2. The number of imide groups is 1. The van der Waals surface area contributed by atoms with Crippen molar-refractivity contribution in [2.75, 3.05) is 31.7 Å². The molecule has 1 N–H and O–H groups in total. The van der Waals surface area contributed by atoms with Gasteiger partial charge in [0.05, 0.1) is 24.5 Å². The van der Waals surface area contributed by atoms with Gasteiger partial charge in [-0.1, -0.05) is 38.1 Å². The molecule has 0 radical (unpaired) electrons. The zero-order valence-electron chi connectivity index (χ0n) is 17.9. The maximum absolute atomic E-state index is 13.4. The Hall–Kier alpha value is -3.12. The van der Waals surface area contributed by atoms with Crippen molar-refractivity contribution in [3.63, 3.8) is 0 Å². The van der Waals surface area contributed by atoms with Crippen molar-refractivity contribution in [2.45, 2.75) is 20.8 Å². The minimum absolute atomic E-state index is 0.124. The summed E-state index contributed by atoms with van der Waals surface area (Å²) in [6.45, 7) is 6.79. The minimum atomic E-state index is -0.392. The Balaban J connectivity index is 2.01. The first-order chi connectivity index (χ1) is 14.3. The number of amides is 2. The molecule has 2 aromatic carbocycles. The highest BCUT2D eigenvalue weighted by molar-refractivity contribution is 6.45. The molecule has 6 heteroatoms. The number of anilines is 1. The van der Waals surface area contributed by atoms with E-state index >= 15 is 0 Å². The molecule has 0 fully saturated rings. The van der Waals surface area contributed by atoms with E-state index in [0.717, 1.165) is 5.56 Å². The number of likely N-dealkylation sites (N-methyl/N-ethyl adjacent to an activating group) is 1. The first kappa shape index (κ1) is 21.6. The largest absolute Gasteiger partial charge is 0.493 e. The second kappa shape index (κ2) is 9.13. The van der Waals surface area contributed by atoms with Crippen LogP contribution in [0.2, 0.25) is 0 Å². The van der Waals surface area contributed by atoms with E-state index in [2.05, 4.69) is 13.8 Å². The molecule has 1 aliphatic rings. The molecule has 1 heterocycles. The van der Waals surface area contributed by atoms with Gasteiger partial charge in [-0.3, -0.25) is 9.59 Å². The van der Waals surface area contributed by atoms with E-state index in [9.17, 15) is 14.7 Å². The maximum Gasteiger partial charge on any atom is 0.282 e. The summed E-state index contributed by atoms with van der Waals surface area (Å²) in [5.41, 5.74) is 2.74. The first-order valence-corrected chi connectivity index (χ1v) is 10.1. The van der Waals surface area contributed by atoms with Crippen LogP contribution in [0.15, 0.2) is 54.2 Å². The SMILES string of the molecule is Cc1cccc(N2C(=O)C(c3ccc(OCC(C)C)cc3)=C(N(C)CCO)C2=O)c1. The molecule has 0 atom stereocenters. The molecule has 0 bridgehead atoms. The van der Waals surface area contributed by atoms with Gasteiger partial charge in [-0.2, -0.15) is 0 Å². The van der Waals surface area contributed by atoms with Crippen molar-refractivity contribution < 1.29 is 19.4 Å². The molecule has 0 aliphatic carbocycles. The lowest BCUT2D eigenvalue weighted by atomic mass is 10.0. The molecule has 0 saturated heterocycles. The van der Waals surface area contributed by atoms with Gasteiger partial charge in [0.15, 0.2) is 0 Å². The third-order valence-corrected chi connectivity index (χ3v) is 4.86. The predicted octanol–water partition coefficient (Wildman–Crippen LogP) is 3.24. The fourth-order valence-corrected chi connectivity index (χ4v) is 3.38. The molecule has 1 aliphatic heterocycles. The minimum Gasteiger partial charge on any atom is -0.493 e. The number of hydrogen-bond acceptors (Lipinski definition) is 5. The fourth-order valence-electron chi connectivity index (χ4n) is 3.38. The third kappa shape index (κ3) is 4.39. The number of ether oxygens (including phenoxy) is 1. The highest BCUT2D eigenvalue weighted by Crippen LogP contribution is 2.35. The summed E-state index contributed by atoms with van der Waals surface area (Å²) in [7, 11) is 1.70. The maximum atomic E-state index is 13.4. The molecule has 2 amide bonds. The van der Waals surface area contributed by atoms with Crippen molar-refractivity contribution >= 4 is 23.1 Å². The van der Waals surface area contributed by atoms with E-state index in [0.29, 0.717) is 35.1 Å². The van der Waals surface area contributed by atoms with Crippen LogP contribution in [0.25, 0.3) is 5.57 Å². The van der Waals surface area contributed by atoms with Crippen LogP contribution in [0.5, 0.6) is 5.75 Å². The molecule has 0 spiro atoms. The number of benzene rings is 2. The van der Waals surface area contributed by atoms with E-state index in [1.807, 2.05) is 37.3 Å². The first-order valence-electron chi connectivity index (χ1n) is 10.1. The van der Waals surface area contributed by atoms with Crippen LogP contribution in [-0.2, 0) is 9.59 Å². The Labute approximate surface area is 177 Å². The van der Waals surface area contributed by atoms with Gasteiger partial charge in [-0.05, 0) is 48.2 Å². The van der Waals surface area contributed by atoms with Crippen molar-refractivity contribution in [1.82, 2.24) is 4.90 Å². The summed E-state index contributed by atoms with van der Waals surface area (Å²) < 4.78 is 5.73. The van der Waals surface area contributed by atoms with E-state index in [1.165, 1.54) is 4.90 Å². The third-order valence-electron chi connectivity index (χ3n) is 4.86. The summed E-state index contributed by atoms with van der Waals surface area (Å²) in [6, 6.07) is 14.5. The van der Waals surface area contributed by atoms with E-state index < -0.39 is 5.91 Å². The lowest BCUT2D eigenvalue weighted by Crippen LogP contribution is -2.34. The van der Waals surface area contributed by atoms with Gasteiger partial charge >= 0.3 is 0 Å². The Kier molecular flexibility index (Phi) is 6.57. The molecule has 6 nitrogen and oxygen atoms in total. The number of rotatable bonds is 8. The molecule has 0 unspecified atom stereocenters. The Bertz CT molecular complexity index is 963. The summed E-state index contributed by atoms with van der Waals surface area (Å²) in [6.07, 6.45) is 0. The number of aliphatic hydroxyl groups excluding tert-OH is 1. The van der Waals surface area contributed by atoms with Gasteiger partial charge in [-0.15, -0.1) is 0 Å². The van der Waals surface area contributed by atoms with E-state index in [1.54, 1.807) is 30.1 Å². The van der Waals surface area contributed by atoms with Crippen LogP contribution in [0.3, 0.4) is 0 Å². The van der Waals surface area contributed by atoms with Crippen LogP contribution in [0.4, 0.5) is 5.69 Å². The predicted molar refractivity (Wildman–Crippen MR) is 117 cm³/mol. The topological polar surface area (TPSA) is 70.1 Å². The van der Waals surface area contributed by atoms with Gasteiger partial charge in [-0.25, -0.2) is 4.90 Å².